The molecule has 8 heteroatoms. The number of carbonyl (C=O) groups is 2. The van der Waals surface area contributed by atoms with Crippen molar-refractivity contribution in [2.75, 3.05) is 31.5 Å². The fourth-order valence-electron chi connectivity index (χ4n) is 2.60. The van der Waals surface area contributed by atoms with E-state index in [9.17, 15) is 9.59 Å². The quantitative estimate of drug-likeness (QED) is 0.494. The van der Waals surface area contributed by atoms with E-state index < -0.39 is 0 Å². The number of pyridine rings is 1. The lowest BCUT2D eigenvalue weighted by atomic mass is 10.2. The molecule has 4 N–H and O–H groups in total. The number of amides is 2. The van der Waals surface area contributed by atoms with Crippen LogP contribution in [0.5, 0.6) is 0 Å². The third-order valence-electron chi connectivity index (χ3n) is 4.32. The molecule has 148 valence electrons. The molecule has 0 aliphatic rings. The van der Waals surface area contributed by atoms with Crippen LogP contribution < -0.4 is 20.9 Å². The first kappa shape index (κ1) is 21.5. The molecule has 0 fully saturated rings. The maximum atomic E-state index is 12.2. The van der Waals surface area contributed by atoms with E-state index in [1.165, 1.54) is 11.1 Å². The Morgan fingerprint density at radius 1 is 1.04 bits per heavy atom. The smallest absolute Gasteiger partial charge is 0.258 e. The molecule has 0 bridgehead atoms. The number of likely N-dealkylation sites (N-methyl/N-ethyl adjacent to an activating group) is 1. The minimum absolute atomic E-state index is 0.106. The lowest BCUT2D eigenvalue weighted by Crippen LogP contribution is -3.12. The standard InChI is InChI=1S/C20H25N5O2S/c1-3-25(4-2)13-12-22-18(26)15-7-9-17(10-8-15)23-20(28)24-19(27)16-6-5-11-21-14-16/h5-11,14H,3-4,12-13H2,1-2H3,(H,22,26)(H2,23,24,27,28)/p+1. The van der Waals surface area contributed by atoms with Gasteiger partial charge in [-0.3, -0.25) is 19.9 Å². The highest BCUT2D eigenvalue weighted by molar-refractivity contribution is 7.80. The molecule has 0 atom stereocenters. The van der Waals surface area contributed by atoms with Gasteiger partial charge in [-0.05, 0) is 62.5 Å². The summed E-state index contributed by atoms with van der Waals surface area (Å²) in [6.07, 6.45) is 3.06. The highest BCUT2D eigenvalue weighted by Crippen LogP contribution is 2.09. The molecular weight excluding hydrogens is 374 g/mol. The Morgan fingerprint density at radius 3 is 2.36 bits per heavy atom. The predicted octanol–water partition coefficient (Wildman–Crippen LogP) is 0.863. The van der Waals surface area contributed by atoms with E-state index >= 15 is 0 Å². The second kappa shape index (κ2) is 11.1. The molecule has 2 aromatic rings. The molecule has 0 aliphatic carbocycles. The van der Waals surface area contributed by atoms with Gasteiger partial charge in [-0.1, -0.05) is 0 Å². The van der Waals surface area contributed by atoms with E-state index in [0.717, 1.165) is 19.6 Å². The zero-order valence-corrected chi connectivity index (χ0v) is 16.9. The molecule has 1 aromatic heterocycles. The largest absolute Gasteiger partial charge is 0.346 e. The van der Waals surface area contributed by atoms with Gasteiger partial charge in [0, 0.05) is 23.6 Å². The fourth-order valence-corrected chi connectivity index (χ4v) is 2.81. The summed E-state index contributed by atoms with van der Waals surface area (Å²) in [5, 5.41) is 8.63. The average molecular weight is 401 g/mol. The number of aromatic nitrogens is 1. The monoisotopic (exact) mass is 400 g/mol. The van der Waals surface area contributed by atoms with Crippen LogP contribution in [-0.4, -0.2) is 48.1 Å². The molecule has 0 spiro atoms. The van der Waals surface area contributed by atoms with Gasteiger partial charge in [0.05, 0.1) is 31.7 Å². The number of nitrogens with one attached hydrogen (secondary N) is 4. The number of thiocarbonyl (C=S) groups is 1. The van der Waals surface area contributed by atoms with E-state index in [2.05, 4.69) is 34.8 Å². The molecule has 0 saturated heterocycles. The molecule has 0 radical (unpaired) electrons. The number of benzene rings is 1. The van der Waals surface area contributed by atoms with Gasteiger partial charge in [0.15, 0.2) is 5.11 Å². The van der Waals surface area contributed by atoms with Crippen LogP contribution in [0.4, 0.5) is 5.69 Å². The maximum absolute atomic E-state index is 12.2. The number of anilines is 1. The zero-order valence-electron chi connectivity index (χ0n) is 16.1. The van der Waals surface area contributed by atoms with Gasteiger partial charge in [0.1, 0.15) is 0 Å². The summed E-state index contributed by atoms with van der Waals surface area (Å²) in [6, 6.07) is 10.2. The van der Waals surface area contributed by atoms with Gasteiger partial charge in [-0.15, -0.1) is 0 Å². The fraction of sp³-hybridized carbons (Fsp3) is 0.300. The van der Waals surface area contributed by atoms with Gasteiger partial charge in [-0.25, -0.2) is 0 Å². The van der Waals surface area contributed by atoms with Gasteiger partial charge < -0.3 is 15.5 Å². The first-order valence-corrected chi connectivity index (χ1v) is 9.68. The Labute approximate surface area is 170 Å². The first-order chi connectivity index (χ1) is 13.5. The summed E-state index contributed by atoms with van der Waals surface area (Å²) >= 11 is 5.16. The van der Waals surface area contributed by atoms with Crippen molar-refractivity contribution >= 4 is 34.8 Å². The topological polar surface area (TPSA) is 87.6 Å². The van der Waals surface area contributed by atoms with Crippen LogP contribution in [0.3, 0.4) is 0 Å². The molecule has 1 heterocycles. The molecule has 2 amide bonds. The number of hydrogen-bond donors (Lipinski definition) is 4. The SMILES string of the molecule is CC[NH+](CC)CCNC(=O)c1ccc(NC(=S)NC(=O)c2cccnc2)cc1. The number of quaternary nitrogens is 1. The Morgan fingerprint density at radius 2 is 1.75 bits per heavy atom. The predicted molar refractivity (Wildman–Crippen MR) is 114 cm³/mol. The molecule has 2 rings (SSSR count). The Balaban J connectivity index is 1.82. The highest BCUT2D eigenvalue weighted by atomic mass is 32.1. The average Bonchev–Trinajstić information content (AvgIpc) is 2.72. The van der Waals surface area contributed by atoms with Crippen molar-refractivity contribution in [1.82, 2.24) is 15.6 Å². The number of nitrogens with zero attached hydrogens (tertiary/aromatic N) is 1. The van der Waals surface area contributed by atoms with Crippen LogP contribution >= 0.6 is 12.2 Å². The summed E-state index contributed by atoms with van der Waals surface area (Å²) in [5.41, 5.74) is 1.68. The molecule has 1 aromatic carbocycles. The van der Waals surface area contributed by atoms with E-state index in [1.54, 1.807) is 42.6 Å². The van der Waals surface area contributed by atoms with Crippen molar-refractivity contribution in [3.63, 3.8) is 0 Å². The lowest BCUT2D eigenvalue weighted by Gasteiger charge is -2.15. The van der Waals surface area contributed by atoms with Crippen molar-refractivity contribution in [3.05, 3.63) is 59.9 Å². The van der Waals surface area contributed by atoms with E-state index in [-0.39, 0.29) is 16.9 Å². The molecule has 0 aliphatic heterocycles. The molecule has 0 unspecified atom stereocenters. The lowest BCUT2D eigenvalue weighted by molar-refractivity contribution is -0.895. The third kappa shape index (κ3) is 6.71. The van der Waals surface area contributed by atoms with Gasteiger partial charge in [0.25, 0.3) is 11.8 Å². The van der Waals surface area contributed by atoms with Crippen molar-refractivity contribution in [2.24, 2.45) is 0 Å². The Hall–Kier alpha value is -2.84. The van der Waals surface area contributed by atoms with Gasteiger partial charge >= 0.3 is 0 Å². The third-order valence-corrected chi connectivity index (χ3v) is 4.52. The normalized spacial score (nSPS) is 10.4. The summed E-state index contributed by atoms with van der Waals surface area (Å²) in [6.45, 7) is 7.91. The second-order valence-corrected chi connectivity index (χ2v) is 6.60. The number of rotatable bonds is 8. The van der Waals surface area contributed by atoms with Crippen LogP contribution in [0.1, 0.15) is 34.6 Å². The van der Waals surface area contributed by atoms with E-state index in [0.29, 0.717) is 23.4 Å². The summed E-state index contributed by atoms with van der Waals surface area (Å²) in [7, 11) is 0. The highest BCUT2D eigenvalue weighted by Gasteiger charge is 2.09. The van der Waals surface area contributed by atoms with Crippen molar-refractivity contribution in [2.45, 2.75) is 13.8 Å². The van der Waals surface area contributed by atoms with E-state index in [4.69, 9.17) is 12.2 Å². The maximum Gasteiger partial charge on any atom is 0.258 e. The second-order valence-electron chi connectivity index (χ2n) is 6.19. The Bertz CT molecular complexity index is 792. The zero-order chi connectivity index (χ0) is 20.4. The van der Waals surface area contributed by atoms with Gasteiger partial charge in [-0.2, -0.15) is 0 Å². The Kier molecular flexibility index (Phi) is 8.51. The van der Waals surface area contributed by atoms with Gasteiger partial charge in [0.2, 0.25) is 0 Å². The minimum Gasteiger partial charge on any atom is -0.346 e. The van der Waals surface area contributed by atoms with Crippen molar-refractivity contribution in [1.29, 1.82) is 0 Å². The summed E-state index contributed by atoms with van der Waals surface area (Å²) < 4.78 is 0. The minimum atomic E-state index is -0.336. The molecule has 7 nitrogen and oxygen atoms in total. The van der Waals surface area contributed by atoms with Crippen molar-refractivity contribution < 1.29 is 14.5 Å². The van der Waals surface area contributed by atoms with Crippen LogP contribution in [0.15, 0.2) is 48.8 Å². The first-order valence-electron chi connectivity index (χ1n) is 9.27. The van der Waals surface area contributed by atoms with Crippen LogP contribution in [-0.2, 0) is 0 Å². The number of hydrogen-bond acceptors (Lipinski definition) is 4. The molecular formula is C20H26N5O2S+. The summed E-state index contributed by atoms with van der Waals surface area (Å²) in [4.78, 5) is 29.6. The molecule has 0 saturated carbocycles. The van der Waals surface area contributed by atoms with Crippen LogP contribution in [0.2, 0.25) is 0 Å². The van der Waals surface area contributed by atoms with Crippen molar-refractivity contribution in [3.8, 4) is 0 Å². The number of carbonyl (C=O) groups excluding carboxylic acids is 2. The van der Waals surface area contributed by atoms with Crippen LogP contribution in [0.25, 0.3) is 0 Å². The van der Waals surface area contributed by atoms with E-state index in [1.807, 2.05) is 0 Å². The summed E-state index contributed by atoms with van der Waals surface area (Å²) in [5.74, 6) is -0.442. The molecule has 28 heavy (non-hydrogen) atoms. The van der Waals surface area contributed by atoms with Crippen LogP contribution in [0, 0.1) is 0 Å².